The van der Waals surface area contributed by atoms with Crippen LogP contribution in [0.3, 0.4) is 0 Å². The first-order valence-corrected chi connectivity index (χ1v) is 8.16. The number of hydrogen-bond donors (Lipinski definition) is 2. The minimum atomic E-state index is -0.337. The second kappa shape index (κ2) is 10.3. The molecule has 1 heterocycles. The van der Waals surface area contributed by atoms with Crippen molar-refractivity contribution in [3.8, 4) is 0 Å². The number of aliphatic imine (C=N–C) groups is 1. The molecule has 1 fully saturated rings. The summed E-state index contributed by atoms with van der Waals surface area (Å²) in [6.45, 7) is 14.4. The number of halogens is 1. The molecule has 1 unspecified atom stereocenters. The first-order valence-electron chi connectivity index (χ1n) is 8.16. The highest BCUT2D eigenvalue weighted by atomic mass is 127. The van der Waals surface area contributed by atoms with Crippen LogP contribution >= 0.6 is 24.0 Å². The molecule has 2 N–H and O–H groups in total. The molecule has 1 amide bonds. The Balaban J connectivity index is 0.00000441. The lowest BCUT2D eigenvalue weighted by Gasteiger charge is -2.33. The first-order chi connectivity index (χ1) is 9.84. The van der Waals surface area contributed by atoms with E-state index >= 15 is 0 Å². The third kappa shape index (κ3) is 7.65. The number of amides is 1. The minimum absolute atomic E-state index is 0. The molecule has 0 saturated carbocycles. The van der Waals surface area contributed by atoms with Gasteiger partial charge in [0.05, 0.1) is 6.54 Å². The summed E-state index contributed by atoms with van der Waals surface area (Å²) in [5, 5.41) is 6.29. The number of hydrogen-bond acceptors (Lipinski definition) is 2. The Morgan fingerprint density at radius 3 is 2.55 bits per heavy atom. The molecular formula is C16H33IN4O. The van der Waals surface area contributed by atoms with Crippen molar-refractivity contribution in [3.05, 3.63) is 0 Å². The molecule has 1 aliphatic rings. The Morgan fingerprint density at radius 2 is 2.00 bits per heavy atom. The van der Waals surface area contributed by atoms with Gasteiger partial charge in [0.2, 0.25) is 5.91 Å². The van der Waals surface area contributed by atoms with E-state index in [1.807, 2.05) is 20.8 Å². The topological polar surface area (TPSA) is 56.7 Å². The summed E-state index contributed by atoms with van der Waals surface area (Å²) < 4.78 is 0. The number of guanidine groups is 1. The number of carbonyl (C=O) groups is 1. The molecule has 1 atom stereocenters. The van der Waals surface area contributed by atoms with Crippen molar-refractivity contribution in [1.82, 2.24) is 15.5 Å². The number of piperidine rings is 1. The molecule has 0 spiro atoms. The molecule has 130 valence electrons. The van der Waals surface area contributed by atoms with Gasteiger partial charge in [-0.15, -0.1) is 24.0 Å². The van der Waals surface area contributed by atoms with Gasteiger partial charge in [0.25, 0.3) is 0 Å². The van der Waals surface area contributed by atoms with Crippen LogP contribution in [-0.2, 0) is 4.79 Å². The van der Waals surface area contributed by atoms with Crippen LogP contribution in [0.15, 0.2) is 4.99 Å². The van der Waals surface area contributed by atoms with Gasteiger partial charge in [0.1, 0.15) is 0 Å². The third-order valence-electron chi connectivity index (χ3n) is 3.63. The van der Waals surface area contributed by atoms with E-state index in [0.29, 0.717) is 13.1 Å². The van der Waals surface area contributed by atoms with Crippen LogP contribution < -0.4 is 10.6 Å². The van der Waals surface area contributed by atoms with Crippen molar-refractivity contribution in [1.29, 1.82) is 0 Å². The summed E-state index contributed by atoms with van der Waals surface area (Å²) in [6, 6.07) is 0. The van der Waals surface area contributed by atoms with Gasteiger partial charge in [-0.25, -0.2) is 0 Å². The second-order valence-corrected chi connectivity index (χ2v) is 6.93. The van der Waals surface area contributed by atoms with Gasteiger partial charge in [0, 0.05) is 31.6 Å². The molecule has 5 nitrogen and oxygen atoms in total. The first kappa shape index (κ1) is 21.5. The van der Waals surface area contributed by atoms with E-state index in [9.17, 15) is 4.79 Å². The predicted molar refractivity (Wildman–Crippen MR) is 104 cm³/mol. The van der Waals surface area contributed by atoms with Crippen LogP contribution in [0.2, 0.25) is 0 Å². The van der Waals surface area contributed by atoms with Crippen molar-refractivity contribution < 1.29 is 4.79 Å². The Kier molecular flexibility index (Phi) is 10.0. The summed E-state index contributed by atoms with van der Waals surface area (Å²) in [4.78, 5) is 18.8. The Bertz CT molecular complexity index is 366. The van der Waals surface area contributed by atoms with Crippen LogP contribution in [0.4, 0.5) is 0 Å². The normalized spacial score (nSPS) is 19.4. The van der Waals surface area contributed by atoms with Gasteiger partial charge in [-0.05, 0) is 25.7 Å². The molecule has 1 saturated heterocycles. The van der Waals surface area contributed by atoms with Crippen LogP contribution in [0.5, 0.6) is 0 Å². The van der Waals surface area contributed by atoms with Gasteiger partial charge in [-0.1, -0.05) is 27.7 Å². The fraction of sp³-hybridized carbons (Fsp3) is 0.875. The fourth-order valence-electron chi connectivity index (χ4n) is 2.40. The number of nitrogens with zero attached hydrogens (tertiary/aromatic N) is 2. The number of nitrogens with one attached hydrogen (secondary N) is 2. The highest BCUT2D eigenvalue weighted by molar-refractivity contribution is 14.0. The molecular weight excluding hydrogens is 391 g/mol. The van der Waals surface area contributed by atoms with Gasteiger partial charge in [-0.2, -0.15) is 0 Å². The average Bonchev–Trinajstić information content (AvgIpc) is 2.41. The number of rotatable bonds is 4. The predicted octanol–water partition coefficient (Wildman–Crippen LogP) is 2.46. The van der Waals surface area contributed by atoms with E-state index in [0.717, 1.165) is 31.5 Å². The SMILES string of the molecule is CCNC(=NCCNC(=O)C(C)(C)C)N1CCCC(C)C1.I. The average molecular weight is 424 g/mol. The lowest BCUT2D eigenvalue weighted by atomic mass is 9.96. The summed E-state index contributed by atoms with van der Waals surface area (Å²) >= 11 is 0. The molecule has 0 radical (unpaired) electrons. The standard InChI is InChI=1S/C16H32N4O.HI/c1-6-17-15(20-11-7-8-13(2)12-20)19-10-9-18-14(21)16(3,4)5;/h13H,6-12H2,1-5H3,(H,17,19)(H,18,21);1H. The van der Waals surface area contributed by atoms with Gasteiger partial charge >= 0.3 is 0 Å². The van der Waals surface area contributed by atoms with E-state index in [1.54, 1.807) is 0 Å². The Labute approximate surface area is 152 Å². The van der Waals surface area contributed by atoms with Crippen LogP contribution in [-0.4, -0.2) is 49.5 Å². The second-order valence-electron chi connectivity index (χ2n) is 6.93. The summed E-state index contributed by atoms with van der Waals surface area (Å²) in [5.74, 6) is 1.78. The van der Waals surface area contributed by atoms with Crippen LogP contribution in [0.1, 0.15) is 47.5 Å². The molecule has 0 bridgehead atoms. The smallest absolute Gasteiger partial charge is 0.225 e. The minimum Gasteiger partial charge on any atom is -0.357 e. The van der Waals surface area contributed by atoms with E-state index in [-0.39, 0.29) is 35.3 Å². The van der Waals surface area contributed by atoms with E-state index < -0.39 is 0 Å². The van der Waals surface area contributed by atoms with Gasteiger partial charge in [0.15, 0.2) is 5.96 Å². The Morgan fingerprint density at radius 1 is 1.32 bits per heavy atom. The van der Waals surface area contributed by atoms with Crippen molar-refractivity contribution in [2.45, 2.75) is 47.5 Å². The monoisotopic (exact) mass is 424 g/mol. The summed E-state index contributed by atoms with van der Waals surface area (Å²) in [6.07, 6.45) is 2.53. The van der Waals surface area contributed by atoms with Crippen molar-refractivity contribution in [3.63, 3.8) is 0 Å². The van der Waals surface area contributed by atoms with E-state index in [4.69, 9.17) is 0 Å². The zero-order valence-electron chi connectivity index (χ0n) is 14.7. The lowest BCUT2D eigenvalue weighted by Crippen LogP contribution is -2.46. The number of carbonyl (C=O) groups excluding carboxylic acids is 1. The fourth-order valence-corrected chi connectivity index (χ4v) is 2.40. The van der Waals surface area contributed by atoms with Gasteiger partial charge < -0.3 is 15.5 Å². The molecule has 22 heavy (non-hydrogen) atoms. The molecule has 1 rings (SSSR count). The highest BCUT2D eigenvalue weighted by Crippen LogP contribution is 2.15. The maximum Gasteiger partial charge on any atom is 0.225 e. The molecule has 0 aromatic carbocycles. The quantitative estimate of drug-likeness (QED) is 0.316. The van der Waals surface area contributed by atoms with Crippen molar-refractivity contribution in [2.75, 3.05) is 32.7 Å². The van der Waals surface area contributed by atoms with E-state index in [2.05, 4.69) is 34.4 Å². The molecule has 0 aromatic rings. The van der Waals surface area contributed by atoms with Crippen molar-refractivity contribution >= 4 is 35.8 Å². The highest BCUT2D eigenvalue weighted by Gasteiger charge is 2.21. The number of likely N-dealkylation sites (tertiary alicyclic amines) is 1. The molecule has 1 aliphatic heterocycles. The molecule has 6 heteroatoms. The maximum atomic E-state index is 11.8. The van der Waals surface area contributed by atoms with Gasteiger partial charge in [-0.3, -0.25) is 9.79 Å². The maximum absolute atomic E-state index is 11.8. The Hall–Kier alpha value is -0.530. The summed E-state index contributed by atoms with van der Waals surface area (Å²) in [5.41, 5.74) is -0.337. The lowest BCUT2D eigenvalue weighted by molar-refractivity contribution is -0.128. The molecule has 0 aliphatic carbocycles. The largest absolute Gasteiger partial charge is 0.357 e. The molecule has 0 aromatic heterocycles. The van der Waals surface area contributed by atoms with Crippen molar-refractivity contribution in [2.24, 2.45) is 16.3 Å². The van der Waals surface area contributed by atoms with E-state index in [1.165, 1.54) is 12.8 Å². The summed E-state index contributed by atoms with van der Waals surface area (Å²) in [7, 11) is 0. The van der Waals surface area contributed by atoms with Crippen LogP contribution in [0.25, 0.3) is 0 Å². The zero-order chi connectivity index (χ0) is 15.9. The van der Waals surface area contributed by atoms with Crippen LogP contribution in [0, 0.1) is 11.3 Å². The zero-order valence-corrected chi connectivity index (χ0v) is 17.1. The third-order valence-corrected chi connectivity index (χ3v) is 3.63.